The first-order valence-electron chi connectivity index (χ1n) is 10.1. The molecule has 33 heavy (non-hydrogen) atoms. The Balaban J connectivity index is 1.97. The van der Waals surface area contributed by atoms with Crippen LogP contribution in [0.1, 0.15) is 23.2 Å². The van der Waals surface area contributed by atoms with E-state index in [2.05, 4.69) is 0 Å². The summed E-state index contributed by atoms with van der Waals surface area (Å²) in [6.07, 6.45) is 0.743. The third-order valence-corrected chi connectivity index (χ3v) is 5.42. The fourth-order valence-electron chi connectivity index (χ4n) is 3.78. The molecule has 8 heteroatoms. The van der Waals surface area contributed by atoms with Crippen LogP contribution in [0.5, 0.6) is 5.75 Å². The van der Waals surface area contributed by atoms with Gasteiger partial charge < -0.3 is 24.3 Å². The van der Waals surface area contributed by atoms with Crippen LogP contribution in [-0.2, 0) is 9.59 Å². The Labute approximate surface area is 187 Å². The Morgan fingerprint density at radius 2 is 1.79 bits per heavy atom. The summed E-state index contributed by atoms with van der Waals surface area (Å²) in [7, 11) is 1.51. The van der Waals surface area contributed by atoms with Gasteiger partial charge in [0.05, 0.1) is 5.56 Å². The molecule has 0 saturated heterocycles. The largest absolute Gasteiger partial charge is 0.508 e. The summed E-state index contributed by atoms with van der Waals surface area (Å²) >= 11 is 0. The summed E-state index contributed by atoms with van der Waals surface area (Å²) in [6, 6.07) is 13.3. The minimum Gasteiger partial charge on any atom is -0.508 e. The second kappa shape index (κ2) is 8.58. The number of nitrogens with zero attached hydrogens (tertiary/aromatic N) is 1. The number of hydrogen-bond donors (Lipinski definition) is 2. The Kier molecular flexibility index (Phi) is 5.66. The smallest absolute Gasteiger partial charge is 0.336 e. The summed E-state index contributed by atoms with van der Waals surface area (Å²) in [5.41, 5.74) is 1.71. The Morgan fingerprint density at radius 3 is 2.52 bits per heavy atom. The van der Waals surface area contributed by atoms with Crippen molar-refractivity contribution < 1.29 is 29.0 Å². The third kappa shape index (κ3) is 4.06. The molecule has 0 aromatic heterocycles. The van der Waals surface area contributed by atoms with Crippen molar-refractivity contribution in [3.63, 3.8) is 0 Å². The van der Waals surface area contributed by atoms with Gasteiger partial charge in [0.1, 0.15) is 23.4 Å². The van der Waals surface area contributed by atoms with Crippen LogP contribution in [0.15, 0.2) is 63.8 Å². The highest BCUT2D eigenvalue weighted by Crippen LogP contribution is 2.42. The number of phenolic OH excluding ortho intramolecular Hbond substituents is 1. The first-order valence-corrected chi connectivity index (χ1v) is 10.1. The lowest BCUT2D eigenvalue weighted by atomic mass is 9.90. The molecule has 166 valence electrons. The maximum Gasteiger partial charge on any atom is 0.336 e. The summed E-state index contributed by atoms with van der Waals surface area (Å²) < 4.78 is 5.81. The van der Waals surface area contributed by atoms with Gasteiger partial charge in [-0.15, -0.1) is 0 Å². The van der Waals surface area contributed by atoms with E-state index in [1.807, 2.05) is 0 Å². The van der Waals surface area contributed by atoms with Gasteiger partial charge in [0.2, 0.25) is 5.91 Å². The lowest BCUT2D eigenvalue weighted by molar-refractivity contribution is -0.120. The number of aromatic hydroxyl groups is 1. The number of aldehydes is 1. The third-order valence-electron chi connectivity index (χ3n) is 5.42. The molecule has 8 nitrogen and oxygen atoms in total. The van der Waals surface area contributed by atoms with E-state index >= 15 is 0 Å². The van der Waals surface area contributed by atoms with Gasteiger partial charge in [0.15, 0.2) is 5.43 Å². The second-order valence-corrected chi connectivity index (χ2v) is 7.51. The van der Waals surface area contributed by atoms with Crippen LogP contribution in [0.25, 0.3) is 33.4 Å². The summed E-state index contributed by atoms with van der Waals surface area (Å²) in [5, 5.41) is 20.4. The number of carboxylic acid groups (broad SMARTS) is 1. The molecule has 0 saturated carbocycles. The topological polar surface area (TPSA) is 125 Å². The minimum absolute atomic E-state index is 0.0145. The highest BCUT2D eigenvalue weighted by molar-refractivity contribution is 6.08. The number of carbonyl (C=O) groups excluding carboxylic acids is 2. The standard InChI is InChI=1S/C25H19NO7/c1-26(23(30)3-2-10-27)14-4-7-17(20(11-14)25(31)32)24-18-8-5-15(28)12-21(18)33-22-13-16(29)6-9-19(22)24/h4-13,28H,2-3H2,1H3,(H,31,32). The lowest BCUT2D eigenvalue weighted by Crippen LogP contribution is -2.26. The molecule has 0 spiro atoms. The predicted octanol–water partition coefficient (Wildman–Crippen LogP) is 3.91. The van der Waals surface area contributed by atoms with Gasteiger partial charge in [-0.1, -0.05) is 6.07 Å². The zero-order chi connectivity index (χ0) is 23.7. The molecule has 2 aliphatic rings. The van der Waals surface area contributed by atoms with Gasteiger partial charge in [-0.2, -0.15) is 0 Å². The number of aromatic carboxylic acids is 1. The average molecular weight is 445 g/mol. The molecule has 0 radical (unpaired) electrons. The van der Waals surface area contributed by atoms with Gasteiger partial charge in [-0.05, 0) is 42.0 Å². The van der Waals surface area contributed by atoms with E-state index in [9.17, 15) is 29.4 Å². The monoisotopic (exact) mass is 445 g/mol. The van der Waals surface area contributed by atoms with Crippen molar-refractivity contribution in [2.45, 2.75) is 12.8 Å². The van der Waals surface area contributed by atoms with Gasteiger partial charge >= 0.3 is 5.97 Å². The Bertz CT molecular complexity index is 1440. The molecule has 1 aliphatic heterocycles. The van der Waals surface area contributed by atoms with Crippen LogP contribution in [0.4, 0.5) is 5.69 Å². The SMILES string of the molecule is CN(C(=O)CCC=O)c1ccc(-c2c3ccc(=O)cc-3oc3cc(O)ccc23)c(C(=O)O)c1. The molecule has 1 amide bonds. The van der Waals surface area contributed by atoms with E-state index in [-0.39, 0.29) is 46.8 Å². The molecule has 2 N–H and O–H groups in total. The van der Waals surface area contributed by atoms with E-state index < -0.39 is 5.97 Å². The quantitative estimate of drug-likeness (QED) is 0.340. The average Bonchev–Trinajstić information content (AvgIpc) is 2.79. The van der Waals surface area contributed by atoms with Crippen LogP contribution in [0.3, 0.4) is 0 Å². The van der Waals surface area contributed by atoms with Crippen molar-refractivity contribution in [2.75, 3.05) is 11.9 Å². The number of benzene rings is 3. The van der Waals surface area contributed by atoms with Gasteiger partial charge in [-0.25, -0.2) is 4.79 Å². The van der Waals surface area contributed by atoms with Crippen molar-refractivity contribution in [1.82, 2.24) is 0 Å². The number of rotatable bonds is 6. The maximum atomic E-state index is 12.3. The number of carboxylic acids is 1. The van der Waals surface area contributed by atoms with Crippen LogP contribution in [0.2, 0.25) is 0 Å². The normalized spacial score (nSPS) is 10.9. The number of phenols is 1. The summed E-state index contributed by atoms with van der Waals surface area (Å²) in [5.74, 6) is -1.32. The van der Waals surface area contributed by atoms with Crippen molar-refractivity contribution in [3.05, 3.63) is 70.4 Å². The van der Waals surface area contributed by atoms with E-state index in [4.69, 9.17) is 4.42 Å². The molecule has 0 fully saturated rings. The molecule has 2 aromatic rings. The van der Waals surface area contributed by atoms with Gasteiger partial charge in [0.25, 0.3) is 0 Å². The Hall–Kier alpha value is -4.46. The molecule has 2 aromatic carbocycles. The summed E-state index contributed by atoms with van der Waals surface area (Å²) in [6.45, 7) is 0. The fourth-order valence-corrected chi connectivity index (χ4v) is 3.78. The second-order valence-electron chi connectivity index (χ2n) is 7.51. The van der Waals surface area contributed by atoms with Gasteiger partial charge in [0, 0.05) is 54.2 Å². The minimum atomic E-state index is -1.21. The number of fused-ring (bicyclic) bond motifs is 2. The van der Waals surface area contributed by atoms with E-state index in [0.717, 1.165) is 0 Å². The number of amides is 1. The predicted molar refractivity (Wildman–Crippen MR) is 122 cm³/mol. The molecule has 4 rings (SSSR count). The van der Waals surface area contributed by atoms with Crippen LogP contribution in [0, 0.1) is 0 Å². The molecular weight excluding hydrogens is 426 g/mol. The first-order chi connectivity index (χ1) is 15.8. The van der Waals surface area contributed by atoms with Crippen molar-refractivity contribution in [2.24, 2.45) is 0 Å². The molecule has 0 bridgehead atoms. The number of anilines is 1. The Morgan fingerprint density at radius 1 is 1.03 bits per heavy atom. The van der Waals surface area contributed by atoms with Crippen LogP contribution >= 0.6 is 0 Å². The van der Waals surface area contributed by atoms with Crippen LogP contribution in [-0.4, -0.2) is 35.4 Å². The zero-order valence-electron chi connectivity index (χ0n) is 17.6. The number of hydrogen-bond acceptors (Lipinski definition) is 6. The number of carbonyl (C=O) groups is 3. The molecule has 0 atom stereocenters. The van der Waals surface area contributed by atoms with Gasteiger partial charge in [-0.3, -0.25) is 9.59 Å². The molecule has 1 heterocycles. The highest BCUT2D eigenvalue weighted by Gasteiger charge is 2.23. The zero-order valence-corrected chi connectivity index (χ0v) is 17.6. The molecular formula is C25H19NO7. The summed E-state index contributed by atoms with van der Waals surface area (Å²) in [4.78, 5) is 48.3. The van der Waals surface area contributed by atoms with Crippen molar-refractivity contribution in [1.29, 1.82) is 0 Å². The van der Waals surface area contributed by atoms with Crippen molar-refractivity contribution in [3.8, 4) is 28.2 Å². The van der Waals surface area contributed by atoms with E-state index in [1.165, 1.54) is 42.3 Å². The molecule has 0 unspecified atom stereocenters. The maximum absolute atomic E-state index is 12.3. The first kappa shape index (κ1) is 21.8. The van der Waals surface area contributed by atoms with Crippen molar-refractivity contribution >= 4 is 34.8 Å². The highest BCUT2D eigenvalue weighted by atomic mass is 16.4. The van der Waals surface area contributed by atoms with E-state index in [0.29, 0.717) is 34.1 Å². The fraction of sp³-hybridized carbons (Fsp3) is 0.120. The lowest BCUT2D eigenvalue weighted by Gasteiger charge is -2.20. The van der Waals surface area contributed by atoms with E-state index in [1.54, 1.807) is 24.3 Å². The molecule has 1 aliphatic carbocycles. The van der Waals surface area contributed by atoms with Crippen LogP contribution < -0.4 is 10.3 Å².